The molecule has 0 radical (unpaired) electrons. The van der Waals surface area contributed by atoms with Crippen LogP contribution in [-0.2, 0) is 4.79 Å². The van der Waals surface area contributed by atoms with Gasteiger partial charge in [-0.05, 0) is 27.2 Å². The van der Waals surface area contributed by atoms with Crippen LogP contribution in [0.5, 0.6) is 0 Å². The van der Waals surface area contributed by atoms with Crippen molar-refractivity contribution in [1.82, 2.24) is 9.80 Å². The van der Waals surface area contributed by atoms with Crippen molar-refractivity contribution in [3.8, 4) is 0 Å². The summed E-state index contributed by atoms with van der Waals surface area (Å²) in [6, 6.07) is -0.0327. The second-order valence-electron chi connectivity index (χ2n) is 4.65. The van der Waals surface area contributed by atoms with Crippen molar-refractivity contribution >= 4 is 12.0 Å². The van der Waals surface area contributed by atoms with E-state index in [1.54, 1.807) is 9.80 Å². The van der Waals surface area contributed by atoms with Gasteiger partial charge in [-0.15, -0.1) is 0 Å². The van der Waals surface area contributed by atoms with Crippen molar-refractivity contribution in [3.05, 3.63) is 0 Å². The Bertz CT molecular complexity index is 267. The largest absolute Gasteiger partial charge is 0.481 e. The van der Waals surface area contributed by atoms with E-state index in [1.165, 1.54) is 0 Å². The summed E-state index contributed by atoms with van der Waals surface area (Å²) >= 11 is 0. The molecule has 0 spiro atoms. The Morgan fingerprint density at radius 2 is 1.78 bits per heavy atom. The van der Waals surface area contributed by atoms with E-state index in [1.807, 2.05) is 20.8 Å². The first-order valence-electron chi connectivity index (χ1n) is 6.71. The molecule has 0 aliphatic heterocycles. The molecule has 1 N–H and O–H groups in total. The number of carboxylic acids is 1. The van der Waals surface area contributed by atoms with Crippen LogP contribution in [0, 0.1) is 0 Å². The molecule has 0 aromatic heterocycles. The number of nitrogens with zero attached hydrogens (tertiary/aromatic N) is 2. The van der Waals surface area contributed by atoms with E-state index in [4.69, 9.17) is 5.11 Å². The van der Waals surface area contributed by atoms with Gasteiger partial charge in [0.1, 0.15) is 0 Å². The van der Waals surface area contributed by atoms with Crippen molar-refractivity contribution in [2.75, 3.05) is 19.6 Å². The molecule has 0 bridgehead atoms. The van der Waals surface area contributed by atoms with E-state index >= 15 is 0 Å². The van der Waals surface area contributed by atoms with Crippen molar-refractivity contribution in [2.24, 2.45) is 0 Å². The molecule has 5 heteroatoms. The molecule has 0 rings (SSSR count). The zero-order chi connectivity index (χ0) is 14.1. The molecule has 0 aromatic rings. The Morgan fingerprint density at radius 3 is 2.17 bits per heavy atom. The number of carbonyl (C=O) groups excluding carboxylic acids is 1. The number of hydrogen-bond donors (Lipinski definition) is 1. The van der Waals surface area contributed by atoms with E-state index < -0.39 is 5.97 Å². The summed E-state index contributed by atoms with van der Waals surface area (Å²) in [6.07, 6.45) is 2.01. The van der Waals surface area contributed by atoms with Gasteiger partial charge < -0.3 is 14.9 Å². The minimum Gasteiger partial charge on any atom is -0.481 e. The lowest BCUT2D eigenvalue weighted by Gasteiger charge is -2.32. The van der Waals surface area contributed by atoms with Gasteiger partial charge >= 0.3 is 12.0 Å². The molecule has 0 fully saturated rings. The SMILES string of the molecule is CCCCN(CC)C(=O)N(CCC(=O)O)C(C)C. The molecular weight excluding hydrogens is 232 g/mol. The Kier molecular flexibility index (Phi) is 8.16. The summed E-state index contributed by atoms with van der Waals surface area (Å²) in [5.41, 5.74) is 0. The quantitative estimate of drug-likeness (QED) is 0.727. The van der Waals surface area contributed by atoms with Gasteiger partial charge in [0.15, 0.2) is 0 Å². The van der Waals surface area contributed by atoms with Gasteiger partial charge in [0, 0.05) is 25.7 Å². The maximum atomic E-state index is 12.3. The second kappa shape index (κ2) is 8.78. The molecule has 18 heavy (non-hydrogen) atoms. The number of unbranched alkanes of at least 4 members (excludes halogenated alkanes) is 1. The Morgan fingerprint density at radius 1 is 1.17 bits per heavy atom. The van der Waals surface area contributed by atoms with Crippen LogP contribution in [0.4, 0.5) is 4.79 Å². The van der Waals surface area contributed by atoms with E-state index in [2.05, 4.69) is 6.92 Å². The van der Waals surface area contributed by atoms with Gasteiger partial charge in [0.25, 0.3) is 0 Å². The first-order valence-corrected chi connectivity index (χ1v) is 6.71. The van der Waals surface area contributed by atoms with Gasteiger partial charge in [-0.25, -0.2) is 4.79 Å². The second-order valence-corrected chi connectivity index (χ2v) is 4.65. The van der Waals surface area contributed by atoms with Crippen LogP contribution in [0.15, 0.2) is 0 Å². The molecule has 0 aromatic carbocycles. The summed E-state index contributed by atoms with van der Waals surface area (Å²) in [5.74, 6) is -0.870. The van der Waals surface area contributed by atoms with Crippen LogP contribution in [-0.4, -0.2) is 52.6 Å². The van der Waals surface area contributed by atoms with Gasteiger partial charge in [0.2, 0.25) is 0 Å². The monoisotopic (exact) mass is 258 g/mol. The predicted octanol–water partition coefficient (Wildman–Crippen LogP) is 2.41. The average Bonchev–Trinajstić information content (AvgIpc) is 2.29. The topological polar surface area (TPSA) is 60.9 Å². The molecule has 0 saturated carbocycles. The van der Waals surface area contributed by atoms with E-state index in [0.717, 1.165) is 19.4 Å². The molecule has 0 saturated heterocycles. The van der Waals surface area contributed by atoms with Gasteiger partial charge in [-0.1, -0.05) is 13.3 Å². The molecule has 0 heterocycles. The number of carbonyl (C=O) groups is 2. The average molecular weight is 258 g/mol. The number of carboxylic acid groups (broad SMARTS) is 1. The summed E-state index contributed by atoms with van der Waals surface area (Å²) < 4.78 is 0. The van der Waals surface area contributed by atoms with Crippen LogP contribution in [0.2, 0.25) is 0 Å². The Labute approximate surface area is 110 Å². The van der Waals surface area contributed by atoms with E-state index in [-0.39, 0.29) is 25.0 Å². The number of aliphatic carboxylic acids is 1. The maximum Gasteiger partial charge on any atom is 0.320 e. The number of hydrogen-bond acceptors (Lipinski definition) is 2. The van der Waals surface area contributed by atoms with E-state index in [9.17, 15) is 9.59 Å². The first-order chi connectivity index (χ1) is 8.43. The van der Waals surface area contributed by atoms with Crippen molar-refractivity contribution in [1.29, 1.82) is 0 Å². The Hall–Kier alpha value is -1.26. The lowest BCUT2D eigenvalue weighted by atomic mass is 10.2. The van der Waals surface area contributed by atoms with Crippen molar-refractivity contribution in [2.45, 2.75) is 53.0 Å². The zero-order valence-electron chi connectivity index (χ0n) is 12.0. The summed E-state index contributed by atoms with van der Waals surface area (Å²) in [5, 5.41) is 8.71. The highest BCUT2D eigenvalue weighted by atomic mass is 16.4. The molecule has 2 amide bonds. The van der Waals surface area contributed by atoms with Crippen LogP contribution in [0.25, 0.3) is 0 Å². The summed E-state index contributed by atoms with van der Waals surface area (Å²) in [6.45, 7) is 9.53. The smallest absolute Gasteiger partial charge is 0.320 e. The fourth-order valence-electron chi connectivity index (χ4n) is 1.71. The van der Waals surface area contributed by atoms with Gasteiger partial charge in [0.05, 0.1) is 6.42 Å². The molecule has 0 aliphatic carbocycles. The first kappa shape index (κ1) is 16.7. The third-order valence-electron chi connectivity index (χ3n) is 2.87. The minimum atomic E-state index is -0.870. The molecule has 0 aliphatic rings. The van der Waals surface area contributed by atoms with Crippen molar-refractivity contribution < 1.29 is 14.7 Å². The Balaban J connectivity index is 4.55. The van der Waals surface area contributed by atoms with Crippen LogP contribution in [0.3, 0.4) is 0 Å². The summed E-state index contributed by atoms with van der Waals surface area (Å²) in [4.78, 5) is 26.3. The molecule has 0 unspecified atom stereocenters. The van der Waals surface area contributed by atoms with Crippen LogP contribution in [0.1, 0.15) is 47.0 Å². The lowest BCUT2D eigenvalue weighted by Crippen LogP contribution is -2.47. The van der Waals surface area contributed by atoms with Gasteiger partial charge in [-0.3, -0.25) is 4.79 Å². The summed E-state index contributed by atoms with van der Waals surface area (Å²) in [7, 11) is 0. The van der Waals surface area contributed by atoms with Crippen LogP contribution < -0.4 is 0 Å². The van der Waals surface area contributed by atoms with Crippen molar-refractivity contribution in [3.63, 3.8) is 0 Å². The third-order valence-corrected chi connectivity index (χ3v) is 2.87. The lowest BCUT2D eigenvalue weighted by molar-refractivity contribution is -0.137. The predicted molar refractivity (Wildman–Crippen MR) is 71.6 cm³/mol. The molecule has 106 valence electrons. The number of rotatable bonds is 8. The van der Waals surface area contributed by atoms with Gasteiger partial charge in [-0.2, -0.15) is 0 Å². The fourth-order valence-corrected chi connectivity index (χ4v) is 1.71. The minimum absolute atomic E-state index is 0.00471. The highest BCUT2D eigenvalue weighted by molar-refractivity contribution is 5.75. The highest BCUT2D eigenvalue weighted by Crippen LogP contribution is 2.07. The molecule has 0 atom stereocenters. The molecular formula is C13H26N2O3. The number of amides is 2. The highest BCUT2D eigenvalue weighted by Gasteiger charge is 2.22. The van der Waals surface area contributed by atoms with Crippen LogP contribution >= 0.6 is 0 Å². The maximum absolute atomic E-state index is 12.3. The number of urea groups is 1. The standard InChI is InChI=1S/C13H26N2O3/c1-5-7-9-14(6-2)13(18)15(11(3)4)10-8-12(16)17/h11H,5-10H2,1-4H3,(H,16,17). The normalized spacial score (nSPS) is 10.5. The third kappa shape index (κ3) is 5.89. The van der Waals surface area contributed by atoms with E-state index in [0.29, 0.717) is 6.54 Å². The molecule has 5 nitrogen and oxygen atoms in total. The zero-order valence-corrected chi connectivity index (χ0v) is 12.0. The fraction of sp³-hybridized carbons (Fsp3) is 0.846.